The molecule has 0 saturated carbocycles. The Bertz CT molecular complexity index is 1070. The fourth-order valence-electron chi connectivity index (χ4n) is 3.31. The van der Waals surface area contributed by atoms with E-state index in [1.807, 2.05) is 24.3 Å². The molecule has 2 amide bonds. The number of hydrogen-bond acceptors (Lipinski definition) is 7. The molecule has 0 aliphatic carbocycles. The van der Waals surface area contributed by atoms with E-state index in [1.54, 1.807) is 25.1 Å². The third-order valence-corrected chi connectivity index (χ3v) is 4.72. The van der Waals surface area contributed by atoms with Crippen LogP contribution in [-0.2, 0) is 19.1 Å². The van der Waals surface area contributed by atoms with Crippen LogP contribution in [0.5, 0.6) is 5.75 Å². The normalized spacial score (nSPS) is 17.5. The number of furan rings is 1. The smallest absolute Gasteiger partial charge is 0.338 e. The van der Waals surface area contributed by atoms with Gasteiger partial charge in [-0.2, -0.15) is 0 Å². The van der Waals surface area contributed by atoms with Gasteiger partial charge in [-0.1, -0.05) is 18.2 Å². The largest absolute Gasteiger partial charge is 0.488 e. The van der Waals surface area contributed by atoms with E-state index < -0.39 is 24.0 Å². The Morgan fingerprint density at radius 2 is 1.97 bits per heavy atom. The molecule has 2 aromatic rings. The molecule has 1 atom stereocenters. The van der Waals surface area contributed by atoms with Crippen LogP contribution in [0, 0.1) is 0 Å². The lowest BCUT2D eigenvalue weighted by atomic mass is 10.0. The molecule has 1 unspecified atom stereocenters. The van der Waals surface area contributed by atoms with Crippen molar-refractivity contribution >= 4 is 24.0 Å². The number of ether oxygens (including phenoxy) is 3. The predicted octanol–water partition coefficient (Wildman–Crippen LogP) is 2.47. The van der Waals surface area contributed by atoms with Crippen molar-refractivity contribution < 1.29 is 33.0 Å². The topological polar surface area (TPSA) is 116 Å². The van der Waals surface area contributed by atoms with Crippen LogP contribution in [0.3, 0.4) is 0 Å². The summed E-state index contributed by atoms with van der Waals surface area (Å²) in [6, 6.07) is 9.14. The molecule has 3 heterocycles. The summed E-state index contributed by atoms with van der Waals surface area (Å²) < 4.78 is 21.5. The summed E-state index contributed by atoms with van der Waals surface area (Å²) in [7, 11) is 0. The Balaban J connectivity index is 1.57. The summed E-state index contributed by atoms with van der Waals surface area (Å²) in [5.74, 6) is -0.246. The Labute approximate surface area is 177 Å². The molecule has 31 heavy (non-hydrogen) atoms. The van der Waals surface area contributed by atoms with Gasteiger partial charge in [0.15, 0.2) is 0 Å². The first-order chi connectivity index (χ1) is 15.1. The lowest BCUT2D eigenvalue weighted by Crippen LogP contribution is -2.47. The molecular weight excluding hydrogens is 404 g/mol. The monoisotopic (exact) mass is 424 g/mol. The molecular formula is C22H20N2O7. The number of esters is 2. The fourth-order valence-corrected chi connectivity index (χ4v) is 3.31. The first-order valence-electron chi connectivity index (χ1n) is 9.67. The van der Waals surface area contributed by atoms with Gasteiger partial charge >= 0.3 is 18.0 Å². The maximum absolute atomic E-state index is 12.6. The van der Waals surface area contributed by atoms with Crippen molar-refractivity contribution in [2.75, 3.05) is 19.8 Å². The van der Waals surface area contributed by atoms with E-state index in [0.717, 1.165) is 5.56 Å². The van der Waals surface area contributed by atoms with Gasteiger partial charge in [-0.3, -0.25) is 0 Å². The third-order valence-electron chi connectivity index (χ3n) is 4.72. The minimum absolute atomic E-state index is 0.0581. The second kappa shape index (κ2) is 8.78. The second-order valence-corrected chi connectivity index (χ2v) is 6.73. The summed E-state index contributed by atoms with van der Waals surface area (Å²) in [6.07, 6.45) is 3.12. The fraction of sp³-hybridized carbons (Fsp3) is 0.227. The van der Waals surface area contributed by atoms with E-state index in [9.17, 15) is 14.4 Å². The Hall–Kier alpha value is -4.01. The third kappa shape index (κ3) is 4.30. The number of nitrogens with one attached hydrogen (secondary N) is 2. The molecule has 1 aromatic carbocycles. The van der Waals surface area contributed by atoms with Gasteiger partial charge in [0.1, 0.15) is 30.8 Å². The summed E-state index contributed by atoms with van der Waals surface area (Å²) in [5.41, 5.74) is 1.30. The van der Waals surface area contributed by atoms with Gasteiger partial charge in [-0.25, -0.2) is 14.4 Å². The van der Waals surface area contributed by atoms with Crippen LogP contribution in [0.2, 0.25) is 0 Å². The van der Waals surface area contributed by atoms with Crippen molar-refractivity contribution in [1.82, 2.24) is 10.6 Å². The van der Waals surface area contributed by atoms with E-state index in [2.05, 4.69) is 10.6 Å². The zero-order chi connectivity index (χ0) is 21.8. The molecule has 0 saturated heterocycles. The molecule has 0 spiro atoms. The van der Waals surface area contributed by atoms with Crippen LogP contribution >= 0.6 is 0 Å². The number of amides is 2. The molecule has 2 aliphatic heterocycles. The lowest BCUT2D eigenvalue weighted by Gasteiger charge is -2.27. The molecule has 2 N–H and O–H groups in total. The Morgan fingerprint density at radius 3 is 2.74 bits per heavy atom. The van der Waals surface area contributed by atoms with Gasteiger partial charge < -0.3 is 29.3 Å². The lowest BCUT2D eigenvalue weighted by molar-refractivity contribution is -0.141. The number of hydrogen-bond donors (Lipinski definition) is 2. The highest BCUT2D eigenvalue weighted by Crippen LogP contribution is 2.29. The number of rotatable bonds is 6. The van der Waals surface area contributed by atoms with E-state index in [4.69, 9.17) is 18.6 Å². The molecule has 0 bridgehead atoms. The number of carbonyl (C=O) groups is 3. The quantitative estimate of drug-likeness (QED) is 0.685. The zero-order valence-electron chi connectivity index (χ0n) is 16.7. The SMILES string of the molecule is CCOC(=O)C1=C(COC(=O)C2=Cc3ccccc3OC2)NC(=O)NC1c1ccco1. The van der Waals surface area contributed by atoms with Gasteiger partial charge in [-0.05, 0) is 31.2 Å². The maximum Gasteiger partial charge on any atom is 0.338 e. The van der Waals surface area contributed by atoms with Crippen LogP contribution < -0.4 is 15.4 Å². The predicted molar refractivity (Wildman–Crippen MR) is 108 cm³/mol. The first-order valence-corrected chi connectivity index (χ1v) is 9.67. The van der Waals surface area contributed by atoms with Crippen LogP contribution in [0.25, 0.3) is 6.08 Å². The highest BCUT2D eigenvalue weighted by Gasteiger charge is 2.36. The number of urea groups is 1. The van der Waals surface area contributed by atoms with Gasteiger partial charge in [0, 0.05) is 5.56 Å². The molecule has 0 radical (unpaired) electrons. The van der Waals surface area contributed by atoms with E-state index in [-0.39, 0.29) is 31.1 Å². The van der Waals surface area contributed by atoms with Gasteiger partial charge in [0.05, 0.1) is 29.7 Å². The van der Waals surface area contributed by atoms with Crippen molar-refractivity contribution in [3.63, 3.8) is 0 Å². The van der Waals surface area contributed by atoms with E-state index in [0.29, 0.717) is 17.1 Å². The number of benzene rings is 1. The second-order valence-electron chi connectivity index (χ2n) is 6.73. The highest BCUT2D eigenvalue weighted by molar-refractivity contribution is 5.97. The van der Waals surface area contributed by atoms with Gasteiger partial charge in [0.2, 0.25) is 0 Å². The van der Waals surface area contributed by atoms with Crippen LogP contribution in [0.1, 0.15) is 24.3 Å². The average molecular weight is 424 g/mol. The molecule has 9 nitrogen and oxygen atoms in total. The summed E-state index contributed by atoms with van der Waals surface area (Å²) in [6.45, 7) is 1.53. The molecule has 9 heteroatoms. The highest BCUT2D eigenvalue weighted by atomic mass is 16.5. The number of fused-ring (bicyclic) bond motifs is 1. The van der Waals surface area contributed by atoms with E-state index >= 15 is 0 Å². The van der Waals surface area contributed by atoms with Gasteiger partial charge in [-0.15, -0.1) is 0 Å². The number of carbonyl (C=O) groups excluding carboxylic acids is 3. The Kier molecular flexibility index (Phi) is 5.74. The molecule has 0 fully saturated rings. The molecule has 2 aliphatic rings. The van der Waals surface area contributed by atoms with Crippen LogP contribution in [-0.4, -0.2) is 37.8 Å². The first kappa shape index (κ1) is 20.3. The van der Waals surface area contributed by atoms with Crippen molar-refractivity contribution in [1.29, 1.82) is 0 Å². The standard InChI is InChI=1S/C22H20N2O7/c1-2-28-21(26)18-15(23-22(27)24-19(18)17-8-5-9-29-17)12-31-20(25)14-10-13-6-3-4-7-16(13)30-11-14/h3-10,19H,2,11-12H2,1H3,(H2,23,24,27). The van der Waals surface area contributed by atoms with E-state index in [1.165, 1.54) is 6.26 Å². The Morgan fingerprint density at radius 1 is 1.13 bits per heavy atom. The zero-order valence-corrected chi connectivity index (χ0v) is 16.7. The van der Waals surface area contributed by atoms with Crippen molar-refractivity contribution in [2.45, 2.75) is 13.0 Å². The summed E-state index contributed by atoms with van der Waals surface area (Å²) >= 11 is 0. The number of para-hydroxylation sites is 1. The van der Waals surface area contributed by atoms with Crippen LogP contribution in [0.15, 0.2) is 63.9 Å². The maximum atomic E-state index is 12.6. The van der Waals surface area contributed by atoms with Crippen molar-refractivity contribution in [3.8, 4) is 5.75 Å². The summed E-state index contributed by atoms with van der Waals surface area (Å²) in [5, 5.41) is 5.16. The van der Waals surface area contributed by atoms with Crippen molar-refractivity contribution in [2.24, 2.45) is 0 Å². The minimum atomic E-state index is -0.874. The van der Waals surface area contributed by atoms with Crippen LogP contribution in [0.4, 0.5) is 4.79 Å². The minimum Gasteiger partial charge on any atom is -0.488 e. The average Bonchev–Trinajstić information content (AvgIpc) is 3.31. The molecule has 1 aromatic heterocycles. The molecule has 4 rings (SSSR count). The summed E-state index contributed by atoms with van der Waals surface area (Å²) in [4.78, 5) is 37.4. The van der Waals surface area contributed by atoms with Gasteiger partial charge in [0.25, 0.3) is 0 Å². The van der Waals surface area contributed by atoms with Crippen molar-refractivity contribution in [3.05, 3.63) is 70.8 Å². The molecule has 160 valence electrons.